The predicted octanol–water partition coefficient (Wildman–Crippen LogP) is 2.55. The molecule has 0 spiro atoms. The van der Waals surface area contributed by atoms with Crippen molar-refractivity contribution in [2.24, 2.45) is 0 Å². The Bertz CT molecular complexity index is 823. The first kappa shape index (κ1) is 16.0. The van der Waals surface area contributed by atoms with Gasteiger partial charge in [-0.25, -0.2) is 4.98 Å². The standard InChI is InChI=1S/C18H19N3O3/c1-12-10-14(13(2)21(12)17-7-3-4-8-19-17)18(23)20-11-15(22)16-6-5-9-24-16/h3-10,15,22H,11H2,1-2H3,(H,20,23). The molecule has 124 valence electrons. The highest BCUT2D eigenvalue weighted by Crippen LogP contribution is 2.19. The highest BCUT2D eigenvalue weighted by Gasteiger charge is 2.18. The van der Waals surface area contributed by atoms with Gasteiger partial charge in [-0.15, -0.1) is 0 Å². The molecule has 3 heterocycles. The van der Waals surface area contributed by atoms with E-state index in [0.29, 0.717) is 11.3 Å². The lowest BCUT2D eigenvalue weighted by Gasteiger charge is -2.10. The van der Waals surface area contributed by atoms with Crippen LogP contribution in [0.3, 0.4) is 0 Å². The normalized spacial score (nSPS) is 12.1. The highest BCUT2D eigenvalue weighted by molar-refractivity contribution is 5.95. The van der Waals surface area contributed by atoms with Crippen LogP contribution in [0.2, 0.25) is 0 Å². The Hall–Kier alpha value is -2.86. The Morgan fingerprint density at radius 3 is 2.83 bits per heavy atom. The Labute approximate surface area is 139 Å². The fourth-order valence-corrected chi connectivity index (χ4v) is 2.70. The van der Waals surface area contributed by atoms with Gasteiger partial charge in [-0.05, 0) is 44.2 Å². The van der Waals surface area contributed by atoms with Gasteiger partial charge in [0.05, 0.1) is 18.4 Å². The van der Waals surface area contributed by atoms with E-state index in [-0.39, 0.29) is 12.5 Å². The largest absolute Gasteiger partial charge is 0.467 e. The number of furan rings is 1. The third-order valence-corrected chi connectivity index (χ3v) is 3.88. The number of aliphatic hydroxyl groups is 1. The average Bonchev–Trinajstić information content (AvgIpc) is 3.21. The van der Waals surface area contributed by atoms with Crippen LogP contribution in [0.1, 0.15) is 33.6 Å². The molecule has 6 nitrogen and oxygen atoms in total. The van der Waals surface area contributed by atoms with Gasteiger partial charge in [0, 0.05) is 17.6 Å². The Morgan fingerprint density at radius 1 is 1.33 bits per heavy atom. The molecule has 3 aromatic rings. The van der Waals surface area contributed by atoms with Crippen LogP contribution in [-0.4, -0.2) is 27.1 Å². The van der Waals surface area contributed by atoms with E-state index in [9.17, 15) is 9.90 Å². The van der Waals surface area contributed by atoms with Crippen molar-refractivity contribution < 1.29 is 14.3 Å². The van der Waals surface area contributed by atoms with Crippen LogP contribution in [0.15, 0.2) is 53.3 Å². The summed E-state index contributed by atoms with van der Waals surface area (Å²) in [6.07, 6.45) is 2.33. The van der Waals surface area contributed by atoms with Crippen LogP contribution < -0.4 is 5.32 Å². The summed E-state index contributed by atoms with van der Waals surface area (Å²) in [4.78, 5) is 16.8. The summed E-state index contributed by atoms with van der Waals surface area (Å²) in [7, 11) is 0. The molecule has 0 bridgehead atoms. The number of carbonyl (C=O) groups excluding carboxylic acids is 1. The van der Waals surface area contributed by atoms with Crippen molar-refractivity contribution in [1.29, 1.82) is 0 Å². The fourth-order valence-electron chi connectivity index (χ4n) is 2.70. The number of nitrogens with one attached hydrogen (secondary N) is 1. The van der Waals surface area contributed by atoms with E-state index in [1.165, 1.54) is 6.26 Å². The molecule has 0 fully saturated rings. The SMILES string of the molecule is Cc1cc(C(=O)NCC(O)c2ccco2)c(C)n1-c1ccccn1. The molecule has 24 heavy (non-hydrogen) atoms. The first-order valence-corrected chi connectivity index (χ1v) is 7.68. The number of amides is 1. The first-order valence-electron chi connectivity index (χ1n) is 7.68. The smallest absolute Gasteiger partial charge is 0.253 e. The van der Waals surface area contributed by atoms with E-state index in [2.05, 4.69) is 10.3 Å². The minimum Gasteiger partial charge on any atom is -0.467 e. The molecule has 0 saturated carbocycles. The van der Waals surface area contributed by atoms with Crippen molar-refractivity contribution in [3.05, 3.63) is 71.6 Å². The lowest BCUT2D eigenvalue weighted by Crippen LogP contribution is -2.28. The van der Waals surface area contributed by atoms with Crippen molar-refractivity contribution in [1.82, 2.24) is 14.9 Å². The second-order valence-corrected chi connectivity index (χ2v) is 5.55. The second kappa shape index (κ2) is 6.72. The molecule has 0 aliphatic rings. The number of nitrogens with zero attached hydrogens (tertiary/aromatic N) is 2. The van der Waals surface area contributed by atoms with Crippen LogP contribution in [0.5, 0.6) is 0 Å². The second-order valence-electron chi connectivity index (χ2n) is 5.55. The number of aryl methyl sites for hydroxylation is 1. The van der Waals surface area contributed by atoms with E-state index in [1.54, 1.807) is 18.3 Å². The van der Waals surface area contributed by atoms with Crippen molar-refractivity contribution in [3.63, 3.8) is 0 Å². The monoisotopic (exact) mass is 325 g/mol. The van der Waals surface area contributed by atoms with E-state index < -0.39 is 6.10 Å². The van der Waals surface area contributed by atoms with Crippen molar-refractivity contribution in [3.8, 4) is 5.82 Å². The summed E-state index contributed by atoms with van der Waals surface area (Å²) in [5.74, 6) is 0.951. The van der Waals surface area contributed by atoms with Gasteiger partial charge in [0.25, 0.3) is 5.91 Å². The number of hydrogen-bond donors (Lipinski definition) is 2. The molecule has 0 aromatic carbocycles. The van der Waals surface area contributed by atoms with Gasteiger partial charge in [-0.2, -0.15) is 0 Å². The van der Waals surface area contributed by atoms with E-state index in [0.717, 1.165) is 17.2 Å². The minimum atomic E-state index is -0.872. The number of pyridine rings is 1. The number of aliphatic hydroxyl groups excluding tert-OH is 1. The molecule has 2 N–H and O–H groups in total. The van der Waals surface area contributed by atoms with Gasteiger partial charge < -0.3 is 19.4 Å². The van der Waals surface area contributed by atoms with Gasteiger partial charge in [0.1, 0.15) is 17.7 Å². The molecule has 6 heteroatoms. The highest BCUT2D eigenvalue weighted by atomic mass is 16.4. The van der Waals surface area contributed by atoms with Crippen LogP contribution >= 0.6 is 0 Å². The Morgan fingerprint density at radius 2 is 2.17 bits per heavy atom. The first-order chi connectivity index (χ1) is 11.6. The number of hydrogen-bond acceptors (Lipinski definition) is 4. The lowest BCUT2D eigenvalue weighted by atomic mass is 10.2. The van der Waals surface area contributed by atoms with Crippen LogP contribution in [0.4, 0.5) is 0 Å². The van der Waals surface area contributed by atoms with E-state index >= 15 is 0 Å². The zero-order valence-corrected chi connectivity index (χ0v) is 13.6. The Kier molecular flexibility index (Phi) is 4.48. The van der Waals surface area contributed by atoms with E-state index in [4.69, 9.17) is 4.42 Å². The van der Waals surface area contributed by atoms with Crippen LogP contribution in [-0.2, 0) is 0 Å². The van der Waals surface area contributed by atoms with E-state index in [1.807, 2.05) is 42.7 Å². The van der Waals surface area contributed by atoms with Crippen LogP contribution in [0.25, 0.3) is 5.82 Å². The number of rotatable bonds is 5. The summed E-state index contributed by atoms with van der Waals surface area (Å²) in [6.45, 7) is 3.88. The molecule has 0 saturated heterocycles. The Balaban J connectivity index is 1.76. The minimum absolute atomic E-state index is 0.0829. The summed E-state index contributed by atoms with van der Waals surface area (Å²) >= 11 is 0. The third-order valence-electron chi connectivity index (χ3n) is 3.88. The van der Waals surface area contributed by atoms with Gasteiger partial charge >= 0.3 is 0 Å². The molecule has 3 rings (SSSR count). The quantitative estimate of drug-likeness (QED) is 0.755. The predicted molar refractivity (Wildman–Crippen MR) is 89.0 cm³/mol. The topological polar surface area (TPSA) is 80.3 Å². The molecule has 1 unspecified atom stereocenters. The number of aromatic nitrogens is 2. The summed E-state index contributed by atoms with van der Waals surface area (Å²) in [6, 6.07) is 10.8. The fraction of sp³-hybridized carbons (Fsp3) is 0.222. The molecular weight excluding hydrogens is 306 g/mol. The molecule has 1 amide bonds. The molecule has 0 aliphatic carbocycles. The van der Waals surface area contributed by atoms with Gasteiger partial charge in [0.2, 0.25) is 0 Å². The summed E-state index contributed by atoms with van der Waals surface area (Å²) in [5, 5.41) is 12.7. The van der Waals surface area contributed by atoms with Crippen molar-refractivity contribution in [2.75, 3.05) is 6.54 Å². The molecule has 0 aliphatic heterocycles. The van der Waals surface area contributed by atoms with Gasteiger partial charge in [-0.1, -0.05) is 6.07 Å². The zero-order chi connectivity index (χ0) is 17.1. The maximum Gasteiger partial charge on any atom is 0.253 e. The van der Waals surface area contributed by atoms with Crippen LogP contribution in [0, 0.1) is 13.8 Å². The van der Waals surface area contributed by atoms with Crippen molar-refractivity contribution >= 4 is 5.91 Å². The molecule has 0 radical (unpaired) electrons. The average molecular weight is 325 g/mol. The lowest BCUT2D eigenvalue weighted by molar-refractivity contribution is 0.0900. The summed E-state index contributed by atoms with van der Waals surface area (Å²) < 4.78 is 7.05. The van der Waals surface area contributed by atoms with Gasteiger partial charge in [-0.3, -0.25) is 4.79 Å². The number of carbonyl (C=O) groups is 1. The van der Waals surface area contributed by atoms with Gasteiger partial charge in [0.15, 0.2) is 0 Å². The maximum atomic E-state index is 12.4. The molecule has 3 aromatic heterocycles. The molecule has 1 atom stereocenters. The molecular formula is C18H19N3O3. The zero-order valence-electron chi connectivity index (χ0n) is 13.6. The maximum absolute atomic E-state index is 12.4. The third kappa shape index (κ3) is 3.09. The summed E-state index contributed by atoms with van der Waals surface area (Å²) in [5.41, 5.74) is 2.28. The van der Waals surface area contributed by atoms with Crippen molar-refractivity contribution in [2.45, 2.75) is 20.0 Å².